The lowest BCUT2D eigenvalue weighted by atomic mass is 9.99. The molecule has 0 aliphatic carbocycles. The lowest BCUT2D eigenvalue weighted by molar-refractivity contribution is -0.137. The van der Waals surface area contributed by atoms with Gasteiger partial charge in [-0.2, -0.15) is 18.2 Å². The highest BCUT2D eigenvalue weighted by Crippen LogP contribution is 2.38. The van der Waals surface area contributed by atoms with Crippen LogP contribution in [0, 0.1) is 0 Å². The second-order valence-corrected chi connectivity index (χ2v) is 11.4. The van der Waals surface area contributed by atoms with Crippen LogP contribution in [-0.2, 0) is 16.0 Å². The number of nitrogens with one attached hydrogen (secondary N) is 3. The fourth-order valence-electron chi connectivity index (χ4n) is 3.94. The average Bonchev–Trinajstić information content (AvgIpc) is 2.89. The summed E-state index contributed by atoms with van der Waals surface area (Å²) in [6, 6.07) is 11.2. The number of hydrogen-bond donors (Lipinski definition) is 3. The van der Waals surface area contributed by atoms with Crippen molar-refractivity contribution in [2.24, 2.45) is 0 Å². The molecule has 0 bridgehead atoms. The summed E-state index contributed by atoms with van der Waals surface area (Å²) >= 11 is 0. The zero-order valence-corrected chi connectivity index (χ0v) is 21.9. The van der Waals surface area contributed by atoms with Crippen molar-refractivity contribution in [1.82, 2.24) is 15.3 Å². The molecule has 2 heterocycles. The Balaban J connectivity index is 1.71. The number of sulfone groups is 1. The van der Waals surface area contributed by atoms with E-state index < -0.39 is 32.6 Å². The Kier molecular flexibility index (Phi) is 7.93. The Morgan fingerprint density at radius 2 is 1.84 bits per heavy atom. The highest BCUT2D eigenvalue weighted by atomic mass is 32.2. The van der Waals surface area contributed by atoms with Gasteiger partial charge in [-0.3, -0.25) is 0 Å². The van der Waals surface area contributed by atoms with E-state index in [1.165, 1.54) is 50.8 Å². The normalized spacial score (nSPS) is 14.2. The van der Waals surface area contributed by atoms with Crippen LogP contribution in [0.15, 0.2) is 59.6 Å². The molecule has 3 aromatic rings. The van der Waals surface area contributed by atoms with Gasteiger partial charge in [0.05, 0.1) is 28.6 Å². The summed E-state index contributed by atoms with van der Waals surface area (Å²) in [5.41, 5.74) is 1.45. The van der Waals surface area contributed by atoms with Gasteiger partial charge >= 0.3 is 6.18 Å². The zero-order valence-electron chi connectivity index (χ0n) is 21.1. The van der Waals surface area contributed by atoms with Crippen LogP contribution < -0.4 is 20.7 Å². The van der Waals surface area contributed by atoms with E-state index in [1.54, 1.807) is 6.07 Å². The van der Waals surface area contributed by atoms with Crippen molar-refractivity contribution in [1.29, 1.82) is 0 Å². The Morgan fingerprint density at radius 3 is 2.50 bits per heavy atom. The number of methoxy groups -OCH3 is 1. The maximum atomic E-state index is 13.8. The Hall–Kier alpha value is -3.64. The van der Waals surface area contributed by atoms with Crippen LogP contribution >= 0.6 is 0 Å². The summed E-state index contributed by atoms with van der Waals surface area (Å²) < 4.78 is 72.6. The van der Waals surface area contributed by atoms with Crippen molar-refractivity contribution in [3.8, 4) is 5.75 Å². The van der Waals surface area contributed by atoms with Gasteiger partial charge in [0.1, 0.15) is 17.1 Å². The Bertz CT molecular complexity index is 1460. The second-order valence-electron chi connectivity index (χ2n) is 8.89. The van der Waals surface area contributed by atoms with E-state index in [1.807, 2.05) is 12.1 Å². The first-order chi connectivity index (χ1) is 18.0. The number of nitrogens with zero attached hydrogens (tertiary/aromatic N) is 2. The molecular formula is C26H28F3N5O3S. The molecule has 3 N–H and O–H groups in total. The van der Waals surface area contributed by atoms with Crippen LogP contribution in [0.2, 0.25) is 0 Å². The topological polar surface area (TPSA) is 105 Å². The molecule has 0 saturated heterocycles. The molecule has 202 valence electrons. The van der Waals surface area contributed by atoms with Gasteiger partial charge in [-0.1, -0.05) is 24.3 Å². The molecule has 2 aromatic carbocycles. The third-order valence-corrected chi connectivity index (χ3v) is 8.25. The molecule has 1 aromatic heterocycles. The van der Waals surface area contributed by atoms with Crippen LogP contribution in [0.5, 0.6) is 5.75 Å². The summed E-state index contributed by atoms with van der Waals surface area (Å²) in [7, 11) is -2.29. The lowest BCUT2D eigenvalue weighted by Crippen LogP contribution is -2.20. The molecule has 1 aliphatic heterocycles. The Labute approximate surface area is 219 Å². The number of para-hydroxylation sites is 1. The third-order valence-electron chi connectivity index (χ3n) is 6.04. The van der Waals surface area contributed by atoms with Gasteiger partial charge < -0.3 is 20.7 Å². The number of rotatable bonds is 8. The molecule has 8 nitrogen and oxygen atoms in total. The molecule has 0 amide bonds. The van der Waals surface area contributed by atoms with Crippen molar-refractivity contribution in [3.05, 3.63) is 65.9 Å². The minimum atomic E-state index is -4.78. The SMILES string of the molecule is COc1cc(C2=CCNCC2)ccc1Nc1ncc(C(F)(F)F)c(Nc2ccccc2S(=O)(=O)C(C)C)n1. The minimum absolute atomic E-state index is 0.0199. The molecular weight excluding hydrogens is 519 g/mol. The van der Waals surface area contributed by atoms with Crippen molar-refractivity contribution in [3.63, 3.8) is 0 Å². The molecule has 4 rings (SSSR count). The monoisotopic (exact) mass is 547 g/mol. The molecule has 12 heteroatoms. The third kappa shape index (κ3) is 5.91. The van der Waals surface area contributed by atoms with Gasteiger partial charge in [0.2, 0.25) is 5.95 Å². The highest BCUT2D eigenvalue weighted by molar-refractivity contribution is 7.92. The molecule has 0 unspecified atom stereocenters. The number of aromatic nitrogens is 2. The van der Waals surface area contributed by atoms with Crippen LogP contribution in [0.3, 0.4) is 0 Å². The summed E-state index contributed by atoms with van der Waals surface area (Å²) in [5, 5.41) is 7.98. The van der Waals surface area contributed by atoms with Crippen LogP contribution in [0.4, 0.5) is 36.3 Å². The predicted octanol–water partition coefficient (Wildman–Crippen LogP) is 5.55. The summed E-state index contributed by atoms with van der Waals surface area (Å²) in [5.74, 6) is -0.248. The fraction of sp³-hybridized carbons (Fsp3) is 0.308. The van der Waals surface area contributed by atoms with Crippen molar-refractivity contribution in [2.75, 3.05) is 30.8 Å². The molecule has 1 aliphatic rings. The smallest absolute Gasteiger partial charge is 0.421 e. The molecule has 0 saturated carbocycles. The van der Waals surface area contributed by atoms with Gasteiger partial charge in [0.15, 0.2) is 9.84 Å². The van der Waals surface area contributed by atoms with Gasteiger partial charge in [0, 0.05) is 12.7 Å². The molecule has 38 heavy (non-hydrogen) atoms. The first kappa shape index (κ1) is 27.4. The van der Waals surface area contributed by atoms with E-state index in [0.29, 0.717) is 17.6 Å². The second kappa shape index (κ2) is 11.0. The molecule has 0 fully saturated rings. The molecule has 0 spiro atoms. The molecule has 0 atom stereocenters. The van der Waals surface area contributed by atoms with Crippen molar-refractivity contribution >= 4 is 38.6 Å². The van der Waals surface area contributed by atoms with Gasteiger partial charge in [-0.15, -0.1) is 0 Å². The first-order valence-corrected chi connectivity index (χ1v) is 13.4. The van der Waals surface area contributed by atoms with E-state index in [0.717, 1.165) is 25.1 Å². The maximum Gasteiger partial charge on any atom is 0.421 e. The summed E-state index contributed by atoms with van der Waals surface area (Å²) in [6.45, 7) is 4.64. The maximum absolute atomic E-state index is 13.8. The van der Waals surface area contributed by atoms with E-state index >= 15 is 0 Å². The van der Waals surface area contributed by atoms with E-state index in [2.05, 4.69) is 32.0 Å². The van der Waals surface area contributed by atoms with Crippen molar-refractivity contribution < 1.29 is 26.3 Å². The largest absolute Gasteiger partial charge is 0.495 e. The number of ether oxygens (including phenoxy) is 1. The predicted molar refractivity (Wildman–Crippen MR) is 141 cm³/mol. The van der Waals surface area contributed by atoms with Crippen LogP contribution in [0.1, 0.15) is 31.4 Å². The highest BCUT2D eigenvalue weighted by Gasteiger charge is 2.36. The first-order valence-electron chi connectivity index (χ1n) is 11.9. The Morgan fingerprint density at radius 1 is 1.08 bits per heavy atom. The average molecular weight is 548 g/mol. The minimum Gasteiger partial charge on any atom is -0.495 e. The van der Waals surface area contributed by atoms with E-state index in [9.17, 15) is 21.6 Å². The number of halogens is 3. The zero-order chi connectivity index (χ0) is 27.5. The van der Waals surface area contributed by atoms with Gasteiger partial charge in [-0.25, -0.2) is 13.4 Å². The van der Waals surface area contributed by atoms with Crippen LogP contribution in [-0.4, -0.2) is 43.8 Å². The van der Waals surface area contributed by atoms with Crippen LogP contribution in [0.25, 0.3) is 5.57 Å². The number of benzene rings is 2. The summed E-state index contributed by atoms with van der Waals surface area (Å²) in [4.78, 5) is 7.79. The standard InChI is InChI=1S/C26H28F3N5O3S/c1-16(2)38(35,36)23-7-5-4-6-21(23)32-24-19(26(27,28)29)15-31-25(34-24)33-20-9-8-18(14-22(20)37-3)17-10-12-30-13-11-17/h4-10,14-16,30H,11-13H2,1-3H3,(H2,31,32,33,34). The fourth-order valence-corrected chi connectivity index (χ4v) is 5.15. The van der Waals surface area contributed by atoms with E-state index in [-0.39, 0.29) is 16.5 Å². The van der Waals surface area contributed by atoms with Gasteiger partial charge in [0.25, 0.3) is 0 Å². The summed E-state index contributed by atoms with van der Waals surface area (Å²) in [6.07, 6.45) is -1.17. The number of hydrogen-bond acceptors (Lipinski definition) is 8. The number of alkyl halides is 3. The quantitative estimate of drug-likeness (QED) is 0.337. The molecule has 0 radical (unpaired) electrons. The number of anilines is 4. The van der Waals surface area contributed by atoms with Crippen molar-refractivity contribution in [2.45, 2.75) is 36.6 Å². The lowest BCUT2D eigenvalue weighted by Gasteiger charge is -2.19. The van der Waals surface area contributed by atoms with Gasteiger partial charge in [-0.05, 0) is 62.2 Å². The van der Waals surface area contributed by atoms with E-state index in [4.69, 9.17) is 4.74 Å².